The smallest absolute Gasteiger partial charge is 0.180 e. The highest BCUT2D eigenvalue weighted by Gasteiger charge is 1.99. The molecule has 0 fully saturated rings. The third-order valence-electron chi connectivity index (χ3n) is 1.67. The van der Waals surface area contributed by atoms with Gasteiger partial charge in [-0.3, -0.25) is 4.98 Å². The molecule has 0 aromatic carbocycles. The number of hydrogen-bond donors (Lipinski definition) is 1. The summed E-state index contributed by atoms with van der Waals surface area (Å²) in [5, 5.41) is 1.82. The quantitative estimate of drug-likeness (QED) is 0.712. The maximum Gasteiger partial charge on any atom is 0.180 e. The Morgan fingerprint density at radius 1 is 1.14 bits per heavy atom. The molecular formula is C9H11N5. The van der Waals surface area contributed by atoms with Crippen LogP contribution >= 0.6 is 0 Å². The molecule has 0 spiro atoms. The van der Waals surface area contributed by atoms with E-state index in [2.05, 4.69) is 20.4 Å². The average Bonchev–Trinajstić information content (AvgIpc) is 2.17. The maximum absolute atomic E-state index is 4.29. The van der Waals surface area contributed by atoms with Gasteiger partial charge in [0.2, 0.25) is 0 Å². The third kappa shape index (κ3) is 1.77. The molecule has 2 rings (SSSR count). The lowest BCUT2D eigenvalue weighted by Crippen LogP contribution is -2.20. The number of fused-ring (bicyclic) bond motifs is 1. The summed E-state index contributed by atoms with van der Waals surface area (Å²) in [6, 6.07) is 3.76. The number of aromatic nitrogens is 3. The summed E-state index contributed by atoms with van der Waals surface area (Å²) < 4.78 is 0. The van der Waals surface area contributed by atoms with Crippen molar-refractivity contribution < 1.29 is 0 Å². The fourth-order valence-electron chi connectivity index (χ4n) is 1.15. The first-order valence-corrected chi connectivity index (χ1v) is 4.27. The number of pyridine rings is 1. The van der Waals surface area contributed by atoms with Gasteiger partial charge in [-0.2, -0.15) is 0 Å². The van der Waals surface area contributed by atoms with Crippen LogP contribution in [0, 0.1) is 0 Å². The van der Waals surface area contributed by atoms with Gasteiger partial charge in [-0.15, -0.1) is 0 Å². The van der Waals surface area contributed by atoms with Crippen LogP contribution in [0.1, 0.15) is 0 Å². The van der Waals surface area contributed by atoms with Gasteiger partial charge in [0.25, 0.3) is 0 Å². The summed E-state index contributed by atoms with van der Waals surface area (Å²) in [5.41, 5.74) is 4.51. The Balaban J connectivity index is 2.41. The first-order chi connectivity index (χ1) is 6.75. The minimum Gasteiger partial charge on any atom is -0.304 e. The molecule has 2 heterocycles. The van der Waals surface area contributed by atoms with Crippen molar-refractivity contribution in [2.45, 2.75) is 0 Å². The van der Waals surface area contributed by atoms with Crippen LogP contribution in [0.3, 0.4) is 0 Å². The van der Waals surface area contributed by atoms with Gasteiger partial charge < -0.3 is 5.43 Å². The molecule has 5 heteroatoms. The number of rotatable bonds is 2. The minimum absolute atomic E-state index is 0.652. The van der Waals surface area contributed by atoms with Crippen molar-refractivity contribution in [3.05, 3.63) is 24.5 Å². The second kappa shape index (κ2) is 3.55. The molecule has 1 N–H and O–H groups in total. The highest BCUT2D eigenvalue weighted by molar-refractivity contribution is 5.71. The number of nitrogens with one attached hydrogen (secondary N) is 1. The fraction of sp³-hybridized carbons (Fsp3) is 0.222. The summed E-state index contributed by atoms with van der Waals surface area (Å²) in [4.78, 5) is 12.5. The van der Waals surface area contributed by atoms with Crippen molar-refractivity contribution in [2.75, 3.05) is 19.5 Å². The molecule has 0 saturated carbocycles. The monoisotopic (exact) mass is 189 g/mol. The van der Waals surface area contributed by atoms with Crippen molar-refractivity contribution in [1.29, 1.82) is 0 Å². The minimum atomic E-state index is 0.652. The van der Waals surface area contributed by atoms with E-state index in [1.165, 1.54) is 0 Å². The van der Waals surface area contributed by atoms with Crippen molar-refractivity contribution in [1.82, 2.24) is 20.0 Å². The van der Waals surface area contributed by atoms with Crippen LogP contribution in [0.15, 0.2) is 24.5 Å². The van der Waals surface area contributed by atoms with Crippen LogP contribution in [0.2, 0.25) is 0 Å². The van der Waals surface area contributed by atoms with Crippen LogP contribution < -0.4 is 5.43 Å². The molecule has 0 atom stereocenters. The molecule has 0 aliphatic carbocycles. The summed E-state index contributed by atoms with van der Waals surface area (Å²) in [6.07, 6.45) is 3.29. The molecule has 72 valence electrons. The van der Waals surface area contributed by atoms with Gasteiger partial charge >= 0.3 is 0 Å². The molecule has 14 heavy (non-hydrogen) atoms. The average molecular weight is 189 g/mol. The topological polar surface area (TPSA) is 53.9 Å². The van der Waals surface area contributed by atoms with Gasteiger partial charge in [-0.05, 0) is 12.1 Å². The zero-order valence-corrected chi connectivity index (χ0v) is 8.10. The predicted molar refractivity (Wildman–Crippen MR) is 54.6 cm³/mol. The molecule has 0 unspecified atom stereocenters. The molecule has 0 bridgehead atoms. The first-order valence-electron chi connectivity index (χ1n) is 4.27. The van der Waals surface area contributed by atoms with E-state index in [9.17, 15) is 0 Å². The Morgan fingerprint density at radius 2 is 1.93 bits per heavy atom. The van der Waals surface area contributed by atoms with Crippen LogP contribution in [-0.4, -0.2) is 34.1 Å². The Bertz CT molecular complexity index is 440. The molecule has 0 amide bonds. The van der Waals surface area contributed by atoms with Gasteiger partial charge in [0.1, 0.15) is 11.3 Å². The third-order valence-corrected chi connectivity index (χ3v) is 1.67. The molecule has 0 aliphatic heterocycles. The molecule has 2 aromatic heterocycles. The Hall–Kier alpha value is -1.75. The summed E-state index contributed by atoms with van der Waals surface area (Å²) in [7, 11) is 3.81. The van der Waals surface area contributed by atoms with Gasteiger partial charge in [0, 0.05) is 26.5 Å². The zero-order chi connectivity index (χ0) is 9.97. The summed E-state index contributed by atoms with van der Waals surface area (Å²) in [5.74, 6) is 0.767. The van der Waals surface area contributed by atoms with Crippen molar-refractivity contribution in [3.8, 4) is 0 Å². The largest absolute Gasteiger partial charge is 0.304 e. The molecular weight excluding hydrogens is 178 g/mol. The van der Waals surface area contributed by atoms with E-state index in [4.69, 9.17) is 0 Å². The normalized spacial score (nSPS) is 10.8. The van der Waals surface area contributed by atoms with E-state index in [-0.39, 0.29) is 0 Å². The first kappa shape index (κ1) is 8.83. The van der Waals surface area contributed by atoms with Crippen LogP contribution in [0.5, 0.6) is 0 Å². The second-order valence-corrected chi connectivity index (χ2v) is 3.10. The number of hydrogen-bond acceptors (Lipinski definition) is 5. The van der Waals surface area contributed by atoms with E-state index in [1.807, 2.05) is 31.2 Å². The van der Waals surface area contributed by atoms with Gasteiger partial charge in [-0.25, -0.2) is 15.0 Å². The summed E-state index contributed by atoms with van der Waals surface area (Å²) >= 11 is 0. The van der Waals surface area contributed by atoms with Crippen LogP contribution in [0.25, 0.3) is 11.2 Å². The molecule has 0 saturated heterocycles. The number of nitrogens with zero attached hydrogens (tertiary/aromatic N) is 4. The molecule has 5 nitrogen and oxygen atoms in total. The second-order valence-electron chi connectivity index (χ2n) is 3.10. The highest BCUT2D eigenvalue weighted by Crippen LogP contribution is 2.09. The van der Waals surface area contributed by atoms with E-state index >= 15 is 0 Å². The SMILES string of the molecule is CN(C)Nc1ccc2nccnc2n1. The lowest BCUT2D eigenvalue weighted by molar-refractivity contribution is 0.492. The maximum atomic E-state index is 4.29. The van der Waals surface area contributed by atoms with E-state index in [0.29, 0.717) is 5.65 Å². The summed E-state index contributed by atoms with van der Waals surface area (Å²) in [6.45, 7) is 0. The van der Waals surface area contributed by atoms with E-state index in [0.717, 1.165) is 11.3 Å². The Kier molecular flexibility index (Phi) is 2.24. The van der Waals surface area contributed by atoms with Crippen LogP contribution in [0.4, 0.5) is 5.82 Å². The molecule has 0 radical (unpaired) electrons. The standard InChI is InChI=1S/C9H11N5/c1-14(2)13-8-4-3-7-9(12-8)11-6-5-10-7/h3-6H,1-2H3,(H,11,12,13). The van der Waals surface area contributed by atoms with Crippen molar-refractivity contribution in [3.63, 3.8) is 0 Å². The van der Waals surface area contributed by atoms with Crippen molar-refractivity contribution in [2.24, 2.45) is 0 Å². The number of anilines is 1. The molecule has 2 aromatic rings. The van der Waals surface area contributed by atoms with E-state index in [1.54, 1.807) is 12.4 Å². The van der Waals surface area contributed by atoms with Gasteiger partial charge in [0.05, 0.1) is 0 Å². The van der Waals surface area contributed by atoms with Crippen LogP contribution in [-0.2, 0) is 0 Å². The zero-order valence-electron chi connectivity index (χ0n) is 8.10. The van der Waals surface area contributed by atoms with Gasteiger partial charge in [-0.1, -0.05) is 0 Å². The van der Waals surface area contributed by atoms with Gasteiger partial charge in [0.15, 0.2) is 5.65 Å². The van der Waals surface area contributed by atoms with Crippen molar-refractivity contribution >= 4 is 17.0 Å². The molecule has 0 aliphatic rings. The Morgan fingerprint density at radius 3 is 2.71 bits per heavy atom. The lowest BCUT2D eigenvalue weighted by Gasteiger charge is -2.12. The number of hydrazine groups is 1. The van der Waals surface area contributed by atoms with E-state index < -0.39 is 0 Å². The highest BCUT2D eigenvalue weighted by atomic mass is 15.5. The lowest BCUT2D eigenvalue weighted by atomic mass is 10.4. The Labute approximate surface area is 81.8 Å². The fourth-order valence-corrected chi connectivity index (χ4v) is 1.15. The predicted octanol–water partition coefficient (Wildman–Crippen LogP) is 0.913.